The molecule has 5 rings (SSSR count). The molecule has 0 atom stereocenters. The van der Waals surface area contributed by atoms with Crippen LogP contribution in [0.5, 0.6) is 34.5 Å². The molecule has 1 aliphatic rings. The number of hydrogen-bond acceptors (Lipinski definition) is 9. The summed E-state index contributed by atoms with van der Waals surface area (Å²) in [5, 5.41) is 20.9. The van der Waals surface area contributed by atoms with Crippen LogP contribution < -0.4 is 14.2 Å². The second-order valence-electron chi connectivity index (χ2n) is 10.6. The van der Waals surface area contributed by atoms with Crippen molar-refractivity contribution < 1.29 is 50.8 Å². The van der Waals surface area contributed by atoms with Crippen molar-refractivity contribution in [2.24, 2.45) is 0 Å². The molecule has 9 nitrogen and oxygen atoms in total. The number of rotatable bonds is 9. The largest absolute Gasteiger partial charge is 0.507 e. The average molecular weight is 646 g/mol. The van der Waals surface area contributed by atoms with Gasteiger partial charge in [-0.1, -0.05) is 12.5 Å². The molecule has 1 fully saturated rings. The van der Waals surface area contributed by atoms with Crippen LogP contribution in [0.4, 0.5) is 13.2 Å². The Balaban J connectivity index is 1.51. The number of alkyl halides is 3. The van der Waals surface area contributed by atoms with Gasteiger partial charge in [0.1, 0.15) is 34.5 Å². The van der Waals surface area contributed by atoms with Crippen molar-refractivity contribution in [3.8, 4) is 45.6 Å². The molecule has 1 saturated heterocycles. The summed E-state index contributed by atoms with van der Waals surface area (Å²) in [5.41, 5.74) is 0.634. The Bertz CT molecular complexity index is 1820. The minimum atomic E-state index is -5.32. The number of halogens is 3. The normalized spacial score (nSPS) is 14.3. The fraction of sp³-hybridized carbons (Fsp3) is 0.281. The standard InChI is InChI=1S/C32H30F3NO8S/c1-45(40,41)28-14-5-20(19-27(28)38)23-10-11-25-24(12-13-26(37)30(25)44-31(39)32(33,34)35)29(23)43-22-8-6-21(7-9-22)42-18-17-36-15-3-2-4-16-36/h5-14,19,37-38H,2-4,15-18H2,1H3. The molecule has 0 amide bonds. The Morgan fingerprint density at radius 1 is 0.844 bits per heavy atom. The molecular formula is C32H30F3NO8S. The van der Waals surface area contributed by atoms with Crippen molar-refractivity contribution >= 4 is 26.6 Å². The van der Waals surface area contributed by atoms with Gasteiger partial charge < -0.3 is 24.4 Å². The van der Waals surface area contributed by atoms with E-state index in [0.717, 1.165) is 32.0 Å². The van der Waals surface area contributed by atoms with E-state index in [0.29, 0.717) is 29.2 Å². The smallest absolute Gasteiger partial charge is 0.491 e. The summed E-state index contributed by atoms with van der Waals surface area (Å²) in [5.74, 6) is -3.48. The summed E-state index contributed by atoms with van der Waals surface area (Å²) in [4.78, 5) is 13.7. The highest BCUT2D eigenvalue weighted by molar-refractivity contribution is 7.90. The quantitative estimate of drug-likeness (QED) is 0.156. The van der Waals surface area contributed by atoms with Gasteiger partial charge in [0.2, 0.25) is 0 Å². The Labute approximate surface area is 257 Å². The molecule has 1 heterocycles. The molecule has 45 heavy (non-hydrogen) atoms. The van der Waals surface area contributed by atoms with Gasteiger partial charge in [-0.15, -0.1) is 0 Å². The predicted octanol–water partition coefficient (Wildman–Crippen LogP) is 6.45. The summed E-state index contributed by atoms with van der Waals surface area (Å²) in [6.07, 6.45) is -0.773. The molecule has 2 N–H and O–H groups in total. The number of likely N-dealkylation sites (tertiary alicyclic amines) is 1. The fourth-order valence-electron chi connectivity index (χ4n) is 5.13. The van der Waals surface area contributed by atoms with E-state index in [2.05, 4.69) is 9.64 Å². The maximum absolute atomic E-state index is 13.0. The van der Waals surface area contributed by atoms with Gasteiger partial charge in [0.05, 0.1) is 0 Å². The van der Waals surface area contributed by atoms with Crippen LogP contribution in [-0.2, 0) is 14.6 Å². The van der Waals surface area contributed by atoms with Crippen LogP contribution in [0.15, 0.2) is 71.6 Å². The SMILES string of the molecule is CS(=O)(=O)c1ccc(-c2ccc3c(OC(=O)C(F)(F)F)c(O)ccc3c2Oc2ccc(OCCN3CCCCC3)cc2)cc1O. The summed E-state index contributed by atoms with van der Waals surface area (Å²) < 4.78 is 79.8. The van der Waals surface area contributed by atoms with Gasteiger partial charge in [0.25, 0.3) is 0 Å². The first-order valence-electron chi connectivity index (χ1n) is 14.1. The third kappa shape index (κ3) is 7.43. The van der Waals surface area contributed by atoms with Crippen molar-refractivity contribution in [2.75, 3.05) is 32.5 Å². The van der Waals surface area contributed by atoms with Crippen LogP contribution in [0.2, 0.25) is 0 Å². The van der Waals surface area contributed by atoms with E-state index >= 15 is 0 Å². The monoisotopic (exact) mass is 645 g/mol. The van der Waals surface area contributed by atoms with Gasteiger partial charge in [-0.3, -0.25) is 4.90 Å². The lowest BCUT2D eigenvalue weighted by Crippen LogP contribution is -2.33. The van der Waals surface area contributed by atoms with E-state index in [4.69, 9.17) is 9.47 Å². The lowest BCUT2D eigenvalue weighted by Gasteiger charge is -2.26. The van der Waals surface area contributed by atoms with Crippen molar-refractivity contribution in [2.45, 2.75) is 30.3 Å². The van der Waals surface area contributed by atoms with Gasteiger partial charge in [-0.25, -0.2) is 13.2 Å². The van der Waals surface area contributed by atoms with Crippen LogP contribution in [0.3, 0.4) is 0 Å². The molecule has 238 valence electrons. The van der Waals surface area contributed by atoms with Gasteiger partial charge in [0, 0.05) is 29.1 Å². The van der Waals surface area contributed by atoms with E-state index in [1.807, 2.05) is 0 Å². The predicted molar refractivity (Wildman–Crippen MR) is 160 cm³/mol. The van der Waals surface area contributed by atoms with E-state index in [9.17, 15) is 36.6 Å². The average Bonchev–Trinajstić information content (AvgIpc) is 2.99. The maximum atomic E-state index is 13.0. The zero-order chi connectivity index (χ0) is 32.4. The van der Waals surface area contributed by atoms with Gasteiger partial charge in [-0.2, -0.15) is 13.2 Å². The van der Waals surface area contributed by atoms with Crippen molar-refractivity contribution in [1.82, 2.24) is 4.90 Å². The number of nitrogens with zero attached hydrogens (tertiary/aromatic N) is 1. The van der Waals surface area contributed by atoms with E-state index in [1.165, 1.54) is 55.7 Å². The molecule has 13 heteroatoms. The molecule has 0 aromatic heterocycles. The Kier molecular flexibility index (Phi) is 9.12. The minimum Gasteiger partial charge on any atom is -0.507 e. The lowest BCUT2D eigenvalue weighted by molar-refractivity contribution is -0.189. The number of carbonyl (C=O) groups is 1. The van der Waals surface area contributed by atoms with Crippen molar-refractivity contribution in [3.05, 3.63) is 66.7 Å². The summed E-state index contributed by atoms with van der Waals surface area (Å²) in [7, 11) is -3.74. The zero-order valence-electron chi connectivity index (χ0n) is 24.1. The molecule has 4 aromatic rings. The van der Waals surface area contributed by atoms with Crippen LogP contribution >= 0.6 is 0 Å². The first-order valence-corrected chi connectivity index (χ1v) is 15.9. The topological polar surface area (TPSA) is 123 Å². The zero-order valence-corrected chi connectivity index (χ0v) is 25.0. The molecule has 4 aromatic carbocycles. The van der Waals surface area contributed by atoms with Crippen LogP contribution in [0, 0.1) is 0 Å². The number of sulfone groups is 1. The van der Waals surface area contributed by atoms with E-state index in [1.54, 1.807) is 24.3 Å². The number of aromatic hydroxyl groups is 2. The van der Waals surface area contributed by atoms with E-state index in [-0.39, 0.29) is 21.4 Å². The summed E-state index contributed by atoms with van der Waals surface area (Å²) >= 11 is 0. The third-order valence-electron chi connectivity index (χ3n) is 7.35. The highest BCUT2D eigenvalue weighted by Gasteiger charge is 2.42. The number of hydrogen-bond donors (Lipinski definition) is 2. The number of phenols is 2. The molecule has 1 aliphatic heterocycles. The number of ether oxygens (including phenoxy) is 3. The van der Waals surface area contributed by atoms with Crippen molar-refractivity contribution in [3.63, 3.8) is 0 Å². The van der Waals surface area contributed by atoms with Gasteiger partial charge >= 0.3 is 12.1 Å². The highest BCUT2D eigenvalue weighted by Crippen LogP contribution is 2.46. The van der Waals surface area contributed by atoms with Crippen LogP contribution in [0.1, 0.15) is 19.3 Å². The third-order valence-corrected chi connectivity index (χ3v) is 8.49. The number of carbonyl (C=O) groups excluding carboxylic acids is 1. The summed E-state index contributed by atoms with van der Waals surface area (Å²) in [6, 6.07) is 15.7. The Morgan fingerprint density at radius 2 is 1.49 bits per heavy atom. The van der Waals surface area contributed by atoms with Gasteiger partial charge in [-0.05, 0) is 92.2 Å². The Morgan fingerprint density at radius 3 is 2.13 bits per heavy atom. The molecule has 0 bridgehead atoms. The van der Waals surface area contributed by atoms with Gasteiger partial charge in [0.15, 0.2) is 21.3 Å². The summed E-state index contributed by atoms with van der Waals surface area (Å²) in [6.45, 7) is 3.40. The number of fused-ring (bicyclic) bond motifs is 1. The van der Waals surface area contributed by atoms with Crippen molar-refractivity contribution in [1.29, 1.82) is 0 Å². The van der Waals surface area contributed by atoms with Crippen LogP contribution in [-0.4, -0.2) is 68.2 Å². The second-order valence-corrected chi connectivity index (χ2v) is 12.6. The fourth-order valence-corrected chi connectivity index (χ4v) is 5.88. The molecule has 0 unspecified atom stereocenters. The molecule has 0 radical (unpaired) electrons. The second kappa shape index (κ2) is 12.9. The number of phenolic OH excluding ortho intramolecular Hbond substituents is 2. The number of piperidine rings is 1. The number of benzene rings is 4. The first kappa shape index (κ1) is 31.9. The Hall–Kier alpha value is -4.49. The van der Waals surface area contributed by atoms with Crippen LogP contribution in [0.25, 0.3) is 21.9 Å². The molecule has 0 spiro atoms. The minimum absolute atomic E-state index is 0.0685. The highest BCUT2D eigenvalue weighted by atomic mass is 32.2. The molecular weight excluding hydrogens is 615 g/mol. The molecule has 0 aliphatic carbocycles. The maximum Gasteiger partial charge on any atom is 0.491 e. The number of esters is 1. The first-order chi connectivity index (χ1) is 21.3. The van der Waals surface area contributed by atoms with E-state index < -0.39 is 39.2 Å². The lowest BCUT2D eigenvalue weighted by atomic mass is 9.98. The molecule has 0 saturated carbocycles.